The van der Waals surface area contributed by atoms with Crippen LogP contribution < -0.4 is 10.1 Å². The minimum atomic E-state index is -0.646. The summed E-state index contributed by atoms with van der Waals surface area (Å²) in [7, 11) is 1.61. The Morgan fingerprint density at radius 2 is 1.92 bits per heavy atom. The Labute approximate surface area is 143 Å². The van der Waals surface area contributed by atoms with Crippen LogP contribution in [0.5, 0.6) is 5.75 Å². The molecule has 0 saturated heterocycles. The lowest BCUT2D eigenvalue weighted by Gasteiger charge is -2.20. The van der Waals surface area contributed by atoms with Gasteiger partial charge in [0, 0.05) is 6.42 Å². The van der Waals surface area contributed by atoms with Crippen molar-refractivity contribution >= 4 is 12.1 Å². The van der Waals surface area contributed by atoms with E-state index in [4.69, 9.17) is 14.2 Å². The van der Waals surface area contributed by atoms with Crippen molar-refractivity contribution in [3.63, 3.8) is 0 Å². The molecule has 0 aliphatic carbocycles. The number of hydrogen-bond acceptors (Lipinski definition) is 5. The van der Waals surface area contributed by atoms with Crippen molar-refractivity contribution in [2.24, 2.45) is 0 Å². The monoisotopic (exact) mass is 337 g/mol. The Morgan fingerprint density at radius 3 is 2.50 bits per heavy atom. The number of alkyl carbamates (subject to hydrolysis) is 1. The summed E-state index contributed by atoms with van der Waals surface area (Å²) in [6, 6.07) is 5.88. The SMILES string of the molecule is COc1cc(C)ccc1CC(C)OC(=O)CNC(=O)OC(C)(C)C. The minimum absolute atomic E-state index is 0.232. The number of nitrogens with one attached hydrogen (secondary N) is 1. The third-order valence-corrected chi connectivity index (χ3v) is 3.06. The summed E-state index contributed by atoms with van der Waals surface area (Å²) in [4.78, 5) is 23.3. The molecule has 6 heteroatoms. The Kier molecular flexibility index (Phi) is 7.07. The minimum Gasteiger partial charge on any atom is -0.496 e. The molecule has 1 rings (SSSR count). The molecule has 1 aromatic carbocycles. The molecule has 0 aromatic heterocycles. The fourth-order valence-corrected chi connectivity index (χ4v) is 2.10. The highest BCUT2D eigenvalue weighted by atomic mass is 16.6. The van der Waals surface area contributed by atoms with Crippen LogP contribution in [0.15, 0.2) is 18.2 Å². The lowest BCUT2D eigenvalue weighted by Crippen LogP contribution is -2.36. The summed E-state index contributed by atoms with van der Waals surface area (Å²) >= 11 is 0. The van der Waals surface area contributed by atoms with Gasteiger partial charge in [0.25, 0.3) is 0 Å². The Morgan fingerprint density at radius 1 is 1.25 bits per heavy atom. The van der Waals surface area contributed by atoms with Gasteiger partial charge in [0.15, 0.2) is 0 Å². The number of methoxy groups -OCH3 is 1. The number of carbonyl (C=O) groups excluding carboxylic acids is 2. The third-order valence-electron chi connectivity index (χ3n) is 3.06. The predicted molar refractivity (Wildman–Crippen MR) is 91.2 cm³/mol. The molecule has 0 aliphatic rings. The Balaban J connectivity index is 2.46. The van der Waals surface area contributed by atoms with E-state index in [-0.39, 0.29) is 12.6 Å². The van der Waals surface area contributed by atoms with Crippen LogP contribution >= 0.6 is 0 Å². The average Bonchev–Trinajstić information content (AvgIpc) is 2.45. The highest BCUT2D eigenvalue weighted by Gasteiger charge is 2.18. The number of carbonyl (C=O) groups is 2. The predicted octanol–water partition coefficient (Wildman–Crippen LogP) is 3.00. The van der Waals surface area contributed by atoms with E-state index >= 15 is 0 Å². The summed E-state index contributed by atoms with van der Waals surface area (Å²) in [5.74, 6) is 0.254. The number of esters is 1. The van der Waals surface area contributed by atoms with Crippen molar-refractivity contribution in [3.05, 3.63) is 29.3 Å². The summed E-state index contributed by atoms with van der Waals surface area (Å²) in [5, 5.41) is 2.38. The van der Waals surface area contributed by atoms with Gasteiger partial charge in [0.2, 0.25) is 0 Å². The van der Waals surface area contributed by atoms with Crippen LogP contribution in [0.1, 0.15) is 38.8 Å². The number of amides is 1. The molecule has 1 amide bonds. The molecule has 1 N–H and O–H groups in total. The first-order valence-corrected chi connectivity index (χ1v) is 7.90. The summed E-state index contributed by atoms with van der Waals surface area (Å²) < 4.78 is 15.7. The van der Waals surface area contributed by atoms with E-state index in [0.717, 1.165) is 16.9 Å². The smallest absolute Gasteiger partial charge is 0.408 e. The number of benzene rings is 1. The molecule has 1 unspecified atom stereocenters. The van der Waals surface area contributed by atoms with Gasteiger partial charge in [-0.3, -0.25) is 4.79 Å². The van der Waals surface area contributed by atoms with Crippen molar-refractivity contribution in [1.82, 2.24) is 5.32 Å². The highest BCUT2D eigenvalue weighted by Crippen LogP contribution is 2.22. The van der Waals surface area contributed by atoms with Gasteiger partial charge in [-0.15, -0.1) is 0 Å². The molecule has 0 bridgehead atoms. The Bertz CT molecular complexity index is 577. The zero-order valence-electron chi connectivity index (χ0n) is 15.3. The van der Waals surface area contributed by atoms with Gasteiger partial charge >= 0.3 is 12.1 Å². The van der Waals surface area contributed by atoms with Gasteiger partial charge < -0.3 is 19.5 Å². The zero-order chi connectivity index (χ0) is 18.3. The zero-order valence-corrected chi connectivity index (χ0v) is 15.3. The maximum absolute atomic E-state index is 11.8. The molecule has 1 atom stereocenters. The molecule has 134 valence electrons. The lowest BCUT2D eigenvalue weighted by atomic mass is 10.1. The first kappa shape index (κ1) is 19.8. The second-order valence-corrected chi connectivity index (χ2v) is 6.68. The molecular formula is C18H27NO5. The molecule has 0 fully saturated rings. The molecule has 0 saturated carbocycles. The van der Waals surface area contributed by atoms with Crippen molar-refractivity contribution in [2.75, 3.05) is 13.7 Å². The molecule has 0 spiro atoms. The van der Waals surface area contributed by atoms with Gasteiger partial charge in [-0.25, -0.2) is 4.79 Å². The Hall–Kier alpha value is -2.24. The van der Waals surface area contributed by atoms with Crippen LogP contribution in [0, 0.1) is 6.92 Å². The second-order valence-electron chi connectivity index (χ2n) is 6.68. The molecule has 0 heterocycles. The third kappa shape index (κ3) is 7.35. The molecular weight excluding hydrogens is 310 g/mol. The van der Waals surface area contributed by atoms with Gasteiger partial charge in [-0.2, -0.15) is 0 Å². The summed E-state index contributed by atoms with van der Waals surface area (Å²) in [6.45, 7) is 8.80. The number of rotatable bonds is 6. The molecule has 24 heavy (non-hydrogen) atoms. The van der Waals surface area contributed by atoms with E-state index in [0.29, 0.717) is 6.42 Å². The first-order valence-electron chi connectivity index (χ1n) is 7.90. The van der Waals surface area contributed by atoms with Gasteiger partial charge in [-0.05, 0) is 51.8 Å². The van der Waals surface area contributed by atoms with Crippen LogP contribution in [0.2, 0.25) is 0 Å². The van der Waals surface area contributed by atoms with E-state index in [1.807, 2.05) is 25.1 Å². The van der Waals surface area contributed by atoms with Crippen LogP contribution in [-0.4, -0.2) is 37.4 Å². The summed E-state index contributed by atoms with van der Waals surface area (Å²) in [6.07, 6.45) is -0.455. The largest absolute Gasteiger partial charge is 0.496 e. The molecule has 0 radical (unpaired) electrons. The number of aryl methyl sites for hydroxylation is 1. The van der Waals surface area contributed by atoms with Crippen molar-refractivity contribution < 1.29 is 23.8 Å². The van der Waals surface area contributed by atoms with Crippen LogP contribution in [-0.2, 0) is 20.7 Å². The van der Waals surface area contributed by atoms with Crippen molar-refractivity contribution in [2.45, 2.75) is 52.7 Å². The molecule has 6 nitrogen and oxygen atoms in total. The van der Waals surface area contributed by atoms with E-state index in [2.05, 4.69) is 5.32 Å². The lowest BCUT2D eigenvalue weighted by molar-refractivity contribution is -0.147. The first-order chi connectivity index (χ1) is 11.1. The number of hydrogen-bond donors (Lipinski definition) is 1. The second kappa shape index (κ2) is 8.57. The van der Waals surface area contributed by atoms with E-state index in [1.54, 1.807) is 34.8 Å². The molecule has 0 aliphatic heterocycles. The maximum atomic E-state index is 11.8. The van der Waals surface area contributed by atoms with Crippen LogP contribution in [0.25, 0.3) is 0 Å². The van der Waals surface area contributed by atoms with Crippen molar-refractivity contribution in [3.8, 4) is 5.75 Å². The van der Waals surface area contributed by atoms with E-state index < -0.39 is 17.7 Å². The highest BCUT2D eigenvalue weighted by molar-refractivity contribution is 5.78. The standard InChI is InChI=1S/C18H27NO5/c1-12-7-8-14(15(9-12)22-6)10-13(2)23-16(20)11-19-17(21)24-18(3,4)5/h7-9,13H,10-11H2,1-6H3,(H,19,21). The maximum Gasteiger partial charge on any atom is 0.408 e. The molecule has 1 aromatic rings. The van der Waals surface area contributed by atoms with Crippen LogP contribution in [0.3, 0.4) is 0 Å². The summed E-state index contributed by atoms with van der Waals surface area (Å²) in [5.41, 5.74) is 1.45. The van der Waals surface area contributed by atoms with Gasteiger partial charge in [0.1, 0.15) is 24.0 Å². The fourth-order valence-electron chi connectivity index (χ4n) is 2.10. The fraction of sp³-hybridized carbons (Fsp3) is 0.556. The van der Waals surface area contributed by atoms with Crippen LogP contribution in [0.4, 0.5) is 4.79 Å². The van der Waals surface area contributed by atoms with E-state index in [1.165, 1.54) is 0 Å². The van der Waals surface area contributed by atoms with Crippen molar-refractivity contribution in [1.29, 1.82) is 0 Å². The average molecular weight is 337 g/mol. The van der Waals surface area contributed by atoms with E-state index in [9.17, 15) is 9.59 Å². The van der Waals surface area contributed by atoms with Gasteiger partial charge in [0.05, 0.1) is 7.11 Å². The quantitative estimate of drug-likeness (QED) is 0.808. The number of ether oxygens (including phenoxy) is 3. The topological polar surface area (TPSA) is 73.9 Å². The van der Waals surface area contributed by atoms with Gasteiger partial charge in [-0.1, -0.05) is 12.1 Å². The normalized spacial score (nSPS) is 12.2.